The second-order valence-corrected chi connectivity index (χ2v) is 6.71. The summed E-state index contributed by atoms with van der Waals surface area (Å²) in [6.45, 7) is 7.44. The number of benzene rings is 1. The lowest BCUT2D eigenvalue weighted by molar-refractivity contribution is 0.0806. The Hall–Kier alpha value is -0.860. The van der Waals surface area contributed by atoms with Gasteiger partial charge in [-0.15, -0.1) is 0 Å². The first-order valence-electron chi connectivity index (χ1n) is 8.31. The predicted octanol–water partition coefficient (Wildman–Crippen LogP) is 2.94. The fourth-order valence-electron chi connectivity index (χ4n) is 3.98. The minimum absolute atomic E-state index is 0.814. The Bertz CT molecular complexity index is 395. The van der Waals surface area contributed by atoms with Crippen molar-refractivity contribution >= 4 is 0 Å². The van der Waals surface area contributed by atoms with Crippen LogP contribution in [0.4, 0.5) is 0 Å². The van der Waals surface area contributed by atoms with Crippen molar-refractivity contribution in [2.24, 2.45) is 11.8 Å². The average molecular weight is 272 g/mol. The molecule has 20 heavy (non-hydrogen) atoms. The van der Waals surface area contributed by atoms with Gasteiger partial charge in [-0.05, 0) is 69.3 Å². The van der Waals surface area contributed by atoms with Gasteiger partial charge in [-0.2, -0.15) is 0 Å². The highest BCUT2D eigenvalue weighted by atomic mass is 15.2. The fourth-order valence-corrected chi connectivity index (χ4v) is 3.98. The molecule has 1 aromatic rings. The first-order chi connectivity index (χ1) is 9.83. The summed E-state index contributed by atoms with van der Waals surface area (Å²) in [7, 11) is 0. The molecule has 0 radical (unpaired) electrons. The molecule has 2 saturated heterocycles. The molecule has 0 aromatic heterocycles. The fraction of sp³-hybridized carbons (Fsp3) is 0.667. The van der Waals surface area contributed by atoms with Crippen LogP contribution in [-0.4, -0.2) is 37.1 Å². The summed E-state index contributed by atoms with van der Waals surface area (Å²) in [5.74, 6) is 1.71. The summed E-state index contributed by atoms with van der Waals surface area (Å²) < 4.78 is 0. The van der Waals surface area contributed by atoms with Crippen LogP contribution < -0.4 is 5.32 Å². The summed E-state index contributed by atoms with van der Waals surface area (Å²) in [6, 6.07) is 11.8. The number of piperidine rings is 2. The Morgan fingerprint density at radius 3 is 2.55 bits per heavy atom. The largest absolute Gasteiger partial charge is 0.316 e. The number of hydrogen-bond acceptors (Lipinski definition) is 2. The molecule has 2 atom stereocenters. The maximum Gasteiger partial charge on any atom is 0.0145 e. The Balaban J connectivity index is 1.49. The molecule has 2 heteroatoms. The molecular formula is C18H28N2. The summed E-state index contributed by atoms with van der Waals surface area (Å²) in [6.07, 6.45) is 5.37. The normalized spacial score (nSPS) is 29.4. The smallest absolute Gasteiger partial charge is 0.0145 e. The molecule has 2 unspecified atom stereocenters. The number of nitrogens with one attached hydrogen (secondary N) is 1. The van der Waals surface area contributed by atoms with Crippen LogP contribution >= 0.6 is 0 Å². The van der Waals surface area contributed by atoms with Crippen LogP contribution in [0.5, 0.6) is 0 Å². The molecule has 1 aromatic carbocycles. The Morgan fingerprint density at radius 1 is 1.10 bits per heavy atom. The standard InChI is InChI=1S/C18H28N2/c1-15-14-19-10-7-18(15)20-11-8-17(9-12-20)13-16-5-3-2-4-6-16/h2-6,15,17-19H,7-14H2,1H3. The topological polar surface area (TPSA) is 15.3 Å². The molecule has 0 spiro atoms. The van der Waals surface area contributed by atoms with Crippen LogP contribution in [0.3, 0.4) is 0 Å². The van der Waals surface area contributed by atoms with Gasteiger partial charge in [0, 0.05) is 6.04 Å². The first kappa shape index (κ1) is 14.1. The molecule has 3 rings (SSSR count). The van der Waals surface area contributed by atoms with Crippen molar-refractivity contribution < 1.29 is 0 Å². The monoisotopic (exact) mass is 272 g/mol. The molecular weight excluding hydrogens is 244 g/mol. The van der Waals surface area contributed by atoms with E-state index in [-0.39, 0.29) is 0 Å². The van der Waals surface area contributed by atoms with Crippen LogP contribution in [0, 0.1) is 11.8 Å². The van der Waals surface area contributed by atoms with Crippen LogP contribution in [0.25, 0.3) is 0 Å². The highest BCUT2D eigenvalue weighted by Gasteiger charge is 2.30. The van der Waals surface area contributed by atoms with E-state index in [2.05, 4.69) is 47.5 Å². The Labute approximate surface area is 123 Å². The van der Waals surface area contributed by atoms with E-state index in [1.807, 2.05) is 0 Å². The Kier molecular flexibility index (Phi) is 4.74. The van der Waals surface area contributed by atoms with Gasteiger partial charge in [0.15, 0.2) is 0 Å². The van der Waals surface area contributed by atoms with Crippen molar-refractivity contribution in [2.45, 2.75) is 38.6 Å². The zero-order chi connectivity index (χ0) is 13.8. The van der Waals surface area contributed by atoms with Crippen molar-refractivity contribution in [3.63, 3.8) is 0 Å². The minimum atomic E-state index is 0.814. The maximum atomic E-state index is 3.52. The third-order valence-electron chi connectivity index (χ3n) is 5.23. The summed E-state index contributed by atoms with van der Waals surface area (Å²) >= 11 is 0. The van der Waals surface area contributed by atoms with E-state index in [1.54, 1.807) is 0 Å². The van der Waals surface area contributed by atoms with Crippen molar-refractivity contribution in [2.75, 3.05) is 26.2 Å². The highest BCUT2D eigenvalue weighted by Crippen LogP contribution is 2.26. The predicted molar refractivity (Wildman–Crippen MR) is 84.9 cm³/mol. The van der Waals surface area contributed by atoms with Gasteiger partial charge in [0.05, 0.1) is 0 Å². The summed E-state index contributed by atoms with van der Waals surface area (Å²) in [5, 5.41) is 3.52. The summed E-state index contributed by atoms with van der Waals surface area (Å²) in [5.41, 5.74) is 1.51. The van der Waals surface area contributed by atoms with E-state index in [0.717, 1.165) is 17.9 Å². The molecule has 0 aliphatic carbocycles. The number of likely N-dealkylation sites (tertiary alicyclic amines) is 1. The second kappa shape index (κ2) is 6.73. The molecule has 0 amide bonds. The third kappa shape index (κ3) is 3.42. The second-order valence-electron chi connectivity index (χ2n) is 6.71. The molecule has 2 fully saturated rings. The Morgan fingerprint density at radius 2 is 1.85 bits per heavy atom. The van der Waals surface area contributed by atoms with E-state index in [4.69, 9.17) is 0 Å². The van der Waals surface area contributed by atoms with Gasteiger partial charge in [0.2, 0.25) is 0 Å². The SMILES string of the molecule is CC1CNCCC1N1CCC(Cc2ccccc2)CC1. The van der Waals surface area contributed by atoms with Gasteiger partial charge in [0.1, 0.15) is 0 Å². The first-order valence-corrected chi connectivity index (χ1v) is 8.31. The van der Waals surface area contributed by atoms with Crippen molar-refractivity contribution in [3.8, 4) is 0 Å². The van der Waals surface area contributed by atoms with Gasteiger partial charge >= 0.3 is 0 Å². The number of hydrogen-bond donors (Lipinski definition) is 1. The molecule has 0 saturated carbocycles. The third-order valence-corrected chi connectivity index (χ3v) is 5.23. The van der Waals surface area contributed by atoms with Crippen LogP contribution in [0.1, 0.15) is 31.7 Å². The molecule has 2 aliphatic rings. The van der Waals surface area contributed by atoms with Gasteiger partial charge in [-0.3, -0.25) is 0 Å². The zero-order valence-electron chi connectivity index (χ0n) is 12.7. The van der Waals surface area contributed by atoms with Crippen LogP contribution in [-0.2, 0) is 6.42 Å². The van der Waals surface area contributed by atoms with E-state index >= 15 is 0 Å². The summed E-state index contributed by atoms with van der Waals surface area (Å²) in [4.78, 5) is 2.77. The number of nitrogens with zero attached hydrogens (tertiary/aromatic N) is 1. The van der Waals surface area contributed by atoms with E-state index in [1.165, 1.54) is 57.4 Å². The van der Waals surface area contributed by atoms with E-state index in [0.29, 0.717) is 0 Å². The minimum Gasteiger partial charge on any atom is -0.316 e. The zero-order valence-corrected chi connectivity index (χ0v) is 12.7. The molecule has 1 N–H and O–H groups in total. The van der Waals surface area contributed by atoms with Gasteiger partial charge < -0.3 is 10.2 Å². The molecule has 2 nitrogen and oxygen atoms in total. The quantitative estimate of drug-likeness (QED) is 0.910. The number of rotatable bonds is 3. The highest BCUT2D eigenvalue weighted by molar-refractivity contribution is 5.15. The average Bonchev–Trinajstić information content (AvgIpc) is 2.50. The van der Waals surface area contributed by atoms with Crippen molar-refractivity contribution in [3.05, 3.63) is 35.9 Å². The van der Waals surface area contributed by atoms with Crippen molar-refractivity contribution in [1.82, 2.24) is 10.2 Å². The van der Waals surface area contributed by atoms with Gasteiger partial charge in [0.25, 0.3) is 0 Å². The molecule has 2 heterocycles. The van der Waals surface area contributed by atoms with E-state index < -0.39 is 0 Å². The maximum absolute atomic E-state index is 3.52. The van der Waals surface area contributed by atoms with Crippen LogP contribution in [0.15, 0.2) is 30.3 Å². The lowest BCUT2D eigenvalue weighted by Gasteiger charge is -2.42. The van der Waals surface area contributed by atoms with E-state index in [9.17, 15) is 0 Å². The molecule has 110 valence electrons. The van der Waals surface area contributed by atoms with Gasteiger partial charge in [-0.1, -0.05) is 37.3 Å². The lowest BCUT2D eigenvalue weighted by atomic mass is 9.87. The van der Waals surface area contributed by atoms with Crippen molar-refractivity contribution in [1.29, 1.82) is 0 Å². The molecule has 2 aliphatic heterocycles. The van der Waals surface area contributed by atoms with Crippen LogP contribution in [0.2, 0.25) is 0 Å². The lowest BCUT2D eigenvalue weighted by Crippen LogP contribution is -2.51. The van der Waals surface area contributed by atoms with Gasteiger partial charge in [-0.25, -0.2) is 0 Å². The molecule has 0 bridgehead atoms.